The van der Waals surface area contributed by atoms with Crippen LogP contribution in [0.5, 0.6) is 5.75 Å². The predicted octanol–water partition coefficient (Wildman–Crippen LogP) is 3.78. The molecule has 1 aromatic heterocycles. The van der Waals surface area contributed by atoms with Gasteiger partial charge in [0.15, 0.2) is 5.13 Å². The minimum absolute atomic E-state index is 0.253. The Hall–Kier alpha value is -1.76. The van der Waals surface area contributed by atoms with E-state index in [4.69, 9.17) is 4.74 Å². The Bertz CT molecular complexity index is 537. The number of halogens is 3. The third-order valence-electron chi connectivity index (χ3n) is 2.39. The van der Waals surface area contributed by atoms with E-state index in [0.717, 1.165) is 17.5 Å². The van der Waals surface area contributed by atoms with Gasteiger partial charge in [0.25, 0.3) is 0 Å². The summed E-state index contributed by atoms with van der Waals surface area (Å²) in [4.78, 5) is 2.99. The van der Waals surface area contributed by atoms with Gasteiger partial charge < -0.3 is 10.1 Å². The van der Waals surface area contributed by atoms with E-state index in [0.29, 0.717) is 17.9 Å². The first kappa shape index (κ1) is 13.7. The molecule has 1 heterocycles. The van der Waals surface area contributed by atoms with E-state index in [-0.39, 0.29) is 5.13 Å². The summed E-state index contributed by atoms with van der Waals surface area (Å²) in [5.41, 5.74) is 0.935. The number of hydrogen-bond donors (Lipinski definition) is 1. The molecule has 0 radical (unpaired) electrons. The highest BCUT2D eigenvalue weighted by Crippen LogP contribution is 2.35. The predicted molar refractivity (Wildman–Crippen MR) is 67.4 cm³/mol. The highest BCUT2D eigenvalue weighted by Gasteiger charge is 2.33. The van der Waals surface area contributed by atoms with Crippen LogP contribution in [0.2, 0.25) is 0 Å². The van der Waals surface area contributed by atoms with Crippen LogP contribution >= 0.6 is 11.3 Å². The molecule has 3 nitrogen and oxygen atoms in total. The van der Waals surface area contributed by atoms with Crippen molar-refractivity contribution >= 4 is 16.5 Å². The summed E-state index contributed by atoms with van der Waals surface area (Å²) in [6.07, 6.45) is -3.50. The maximum absolute atomic E-state index is 12.4. The molecule has 0 bridgehead atoms. The summed E-state index contributed by atoms with van der Waals surface area (Å²) in [5.74, 6) is 0.734. The molecule has 102 valence electrons. The fourth-order valence-electron chi connectivity index (χ4n) is 1.41. The van der Waals surface area contributed by atoms with Crippen molar-refractivity contribution in [1.29, 1.82) is 0 Å². The summed E-state index contributed by atoms with van der Waals surface area (Å²) >= 11 is 0.595. The van der Waals surface area contributed by atoms with Gasteiger partial charge in [-0.15, -0.1) is 0 Å². The molecule has 2 aromatic rings. The first-order valence-corrected chi connectivity index (χ1v) is 6.20. The Labute approximate surface area is 112 Å². The van der Waals surface area contributed by atoms with E-state index in [1.165, 1.54) is 0 Å². The van der Waals surface area contributed by atoms with Crippen molar-refractivity contribution in [2.75, 3.05) is 12.4 Å². The minimum atomic E-state index is -4.34. The molecular weight excluding hydrogens is 277 g/mol. The Kier molecular flexibility index (Phi) is 3.94. The molecule has 2 rings (SSSR count). The highest BCUT2D eigenvalue weighted by molar-refractivity contribution is 7.15. The number of ether oxygens (including phenoxy) is 1. The zero-order valence-electron chi connectivity index (χ0n) is 9.99. The van der Waals surface area contributed by atoms with Crippen molar-refractivity contribution in [1.82, 2.24) is 4.98 Å². The molecule has 0 saturated heterocycles. The van der Waals surface area contributed by atoms with Crippen LogP contribution in [0.3, 0.4) is 0 Å². The highest BCUT2D eigenvalue weighted by atomic mass is 32.1. The number of aromatic nitrogens is 1. The molecule has 1 N–H and O–H groups in total. The van der Waals surface area contributed by atoms with E-state index in [1.807, 2.05) is 12.1 Å². The number of thiazole rings is 1. The van der Waals surface area contributed by atoms with Gasteiger partial charge in [-0.05, 0) is 17.7 Å². The number of rotatable bonds is 4. The van der Waals surface area contributed by atoms with Crippen molar-refractivity contribution in [2.45, 2.75) is 12.7 Å². The maximum atomic E-state index is 12.4. The van der Waals surface area contributed by atoms with Crippen LogP contribution < -0.4 is 10.1 Å². The lowest BCUT2D eigenvalue weighted by Crippen LogP contribution is -2.00. The van der Waals surface area contributed by atoms with Crippen LogP contribution in [0.25, 0.3) is 0 Å². The summed E-state index contributed by atoms with van der Waals surface area (Å²) in [6.45, 7) is 0.412. The van der Waals surface area contributed by atoms with E-state index in [2.05, 4.69) is 10.3 Å². The van der Waals surface area contributed by atoms with Gasteiger partial charge >= 0.3 is 6.18 Å². The lowest BCUT2D eigenvalue weighted by molar-refractivity contribution is -0.134. The van der Waals surface area contributed by atoms with E-state index >= 15 is 0 Å². The van der Waals surface area contributed by atoms with Gasteiger partial charge in [0, 0.05) is 6.54 Å². The Balaban J connectivity index is 1.96. The quantitative estimate of drug-likeness (QED) is 0.929. The fourth-order valence-corrected chi connectivity index (χ4v) is 2.09. The van der Waals surface area contributed by atoms with E-state index in [9.17, 15) is 13.2 Å². The van der Waals surface area contributed by atoms with Crippen LogP contribution in [-0.2, 0) is 12.7 Å². The molecule has 0 fully saturated rings. The molecule has 0 aliphatic carbocycles. The average molecular weight is 288 g/mol. The molecule has 0 spiro atoms. The first-order valence-electron chi connectivity index (χ1n) is 5.39. The van der Waals surface area contributed by atoms with Gasteiger partial charge in [0.2, 0.25) is 0 Å². The zero-order chi connectivity index (χ0) is 13.9. The number of methoxy groups -OCH3 is 1. The SMILES string of the molecule is COc1ccc(CNc2ncc(C(F)(F)F)s2)cc1. The molecule has 1 aromatic carbocycles. The number of alkyl halides is 3. The molecule has 0 aliphatic rings. The normalized spacial score (nSPS) is 11.4. The van der Waals surface area contributed by atoms with Crippen molar-refractivity contribution in [3.63, 3.8) is 0 Å². The molecule has 0 amide bonds. The standard InChI is InChI=1S/C12H11F3N2OS/c1-18-9-4-2-8(3-5-9)6-16-11-17-7-10(19-11)12(13,14)15/h2-5,7H,6H2,1H3,(H,16,17). The van der Waals surface area contributed by atoms with Gasteiger partial charge in [-0.25, -0.2) is 4.98 Å². The van der Waals surface area contributed by atoms with Crippen molar-refractivity contribution in [3.05, 3.63) is 40.9 Å². The smallest absolute Gasteiger partial charge is 0.427 e. The van der Waals surface area contributed by atoms with Crippen LogP contribution in [0, 0.1) is 0 Å². The van der Waals surface area contributed by atoms with Gasteiger partial charge in [-0.1, -0.05) is 23.5 Å². The molecule has 19 heavy (non-hydrogen) atoms. The van der Waals surface area contributed by atoms with E-state index < -0.39 is 11.1 Å². The molecule has 7 heteroatoms. The van der Waals surface area contributed by atoms with Crippen LogP contribution in [0.1, 0.15) is 10.4 Å². The molecule has 0 atom stereocenters. The lowest BCUT2D eigenvalue weighted by Gasteiger charge is -2.04. The van der Waals surface area contributed by atoms with Gasteiger partial charge in [0.05, 0.1) is 13.3 Å². The second-order valence-electron chi connectivity index (χ2n) is 3.73. The monoisotopic (exact) mass is 288 g/mol. The third kappa shape index (κ3) is 3.60. The lowest BCUT2D eigenvalue weighted by atomic mass is 10.2. The number of anilines is 1. The minimum Gasteiger partial charge on any atom is -0.497 e. The van der Waals surface area contributed by atoms with Crippen molar-refractivity contribution in [3.8, 4) is 5.75 Å². The summed E-state index contributed by atoms with van der Waals surface area (Å²) in [6, 6.07) is 7.26. The second kappa shape index (κ2) is 5.48. The second-order valence-corrected chi connectivity index (χ2v) is 4.76. The summed E-state index contributed by atoms with van der Waals surface area (Å²) in [7, 11) is 1.57. The Morgan fingerprint density at radius 1 is 1.26 bits per heavy atom. The van der Waals surface area contributed by atoms with Crippen molar-refractivity contribution < 1.29 is 17.9 Å². The number of nitrogens with zero attached hydrogens (tertiary/aromatic N) is 1. The topological polar surface area (TPSA) is 34.1 Å². The number of nitrogens with one attached hydrogen (secondary N) is 1. The van der Waals surface area contributed by atoms with E-state index in [1.54, 1.807) is 19.2 Å². The summed E-state index contributed by atoms with van der Waals surface area (Å²) < 4.78 is 42.1. The number of hydrogen-bond acceptors (Lipinski definition) is 4. The number of benzene rings is 1. The summed E-state index contributed by atoms with van der Waals surface area (Å²) in [5, 5.41) is 3.11. The maximum Gasteiger partial charge on any atom is 0.427 e. The van der Waals surface area contributed by atoms with Crippen LogP contribution in [0.15, 0.2) is 30.5 Å². The molecular formula is C12H11F3N2OS. The third-order valence-corrected chi connectivity index (χ3v) is 3.39. The zero-order valence-corrected chi connectivity index (χ0v) is 10.8. The molecule has 0 unspecified atom stereocenters. The van der Waals surface area contributed by atoms with Crippen LogP contribution in [0.4, 0.5) is 18.3 Å². The van der Waals surface area contributed by atoms with Crippen LogP contribution in [-0.4, -0.2) is 12.1 Å². The Morgan fingerprint density at radius 3 is 2.47 bits per heavy atom. The average Bonchev–Trinajstić information content (AvgIpc) is 2.86. The Morgan fingerprint density at radius 2 is 1.95 bits per heavy atom. The molecule has 0 aliphatic heterocycles. The molecule has 0 saturated carbocycles. The van der Waals surface area contributed by atoms with Crippen molar-refractivity contribution in [2.24, 2.45) is 0 Å². The van der Waals surface area contributed by atoms with Gasteiger partial charge in [-0.2, -0.15) is 13.2 Å². The fraction of sp³-hybridized carbons (Fsp3) is 0.250. The largest absolute Gasteiger partial charge is 0.497 e. The first-order chi connectivity index (χ1) is 8.99. The van der Waals surface area contributed by atoms with Gasteiger partial charge in [-0.3, -0.25) is 0 Å². The van der Waals surface area contributed by atoms with Gasteiger partial charge in [0.1, 0.15) is 10.6 Å².